The molecule has 0 fully saturated rings. The largest absolute Gasteiger partial charge is 0.479 e. The number of aliphatic hydroxyl groups is 1. The van der Waals surface area contributed by atoms with Gasteiger partial charge in [-0.25, -0.2) is 9.59 Å². The lowest BCUT2D eigenvalue weighted by Crippen LogP contribution is -2.39. The normalized spacial score (nSPS) is 11.2. The minimum Gasteiger partial charge on any atom is -0.479 e. The zero-order valence-electron chi connectivity index (χ0n) is 10.9. The third-order valence-electron chi connectivity index (χ3n) is 2.67. The van der Waals surface area contributed by atoms with Crippen LogP contribution in [0.4, 0.5) is 10.5 Å². The van der Waals surface area contributed by atoms with E-state index in [4.69, 9.17) is 15.5 Å². The van der Waals surface area contributed by atoms with Gasteiger partial charge < -0.3 is 15.5 Å². The van der Waals surface area contributed by atoms with E-state index in [0.717, 1.165) is 0 Å². The molecule has 1 atom stereocenters. The predicted molar refractivity (Wildman–Crippen MR) is 71.2 cm³/mol. The van der Waals surface area contributed by atoms with E-state index in [1.54, 1.807) is 31.3 Å². The third-order valence-corrected chi connectivity index (χ3v) is 2.67. The maximum absolute atomic E-state index is 11.8. The molecular weight excluding hydrogens is 262 g/mol. The number of anilines is 1. The fraction of sp³-hybridized carbons (Fsp3) is 0.308. The fourth-order valence-electron chi connectivity index (χ4n) is 1.43. The number of nitrogens with one attached hydrogen (secondary N) is 1. The summed E-state index contributed by atoms with van der Waals surface area (Å²) in [5.74, 6) is -1.32. The summed E-state index contributed by atoms with van der Waals surface area (Å²) in [5, 5.41) is 28.7. The number of hydrogen-bond donors (Lipinski definition) is 3. The van der Waals surface area contributed by atoms with Gasteiger partial charge in [-0.05, 0) is 24.3 Å². The Balaban J connectivity index is 2.50. The van der Waals surface area contributed by atoms with E-state index in [1.165, 1.54) is 4.90 Å². The molecule has 1 aromatic carbocycles. The summed E-state index contributed by atoms with van der Waals surface area (Å²) in [6, 6.07) is 7.99. The number of nitrogens with zero attached hydrogens (tertiary/aromatic N) is 2. The van der Waals surface area contributed by atoms with Crippen molar-refractivity contribution < 1.29 is 19.8 Å². The first kappa shape index (κ1) is 15.5. The average Bonchev–Trinajstić information content (AvgIpc) is 2.46. The monoisotopic (exact) mass is 277 g/mol. The molecule has 0 aliphatic rings. The zero-order chi connectivity index (χ0) is 15.1. The lowest BCUT2D eigenvalue weighted by atomic mass is 10.2. The number of carboxylic acids is 1. The third kappa shape index (κ3) is 4.26. The van der Waals surface area contributed by atoms with Crippen LogP contribution in [0.25, 0.3) is 0 Å². The van der Waals surface area contributed by atoms with E-state index < -0.39 is 18.1 Å². The number of aliphatic carboxylic acids is 1. The van der Waals surface area contributed by atoms with Crippen LogP contribution >= 0.6 is 0 Å². The Kier molecular flexibility index (Phi) is 5.50. The zero-order valence-corrected chi connectivity index (χ0v) is 10.9. The van der Waals surface area contributed by atoms with E-state index in [0.29, 0.717) is 11.3 Å². The Labute approximate surface area is 116 Å². The number of carbonyl (C=O) groups excluding carboxylic acids is 1. The van der Waals surface area contributed by atoms with Crippen molar-refractivity contribution in [2.24, 2.45) is 0 Å². The number of benzene rings is 1. The number of carbonyl (C=O) groups is 2. The number of nitriles is 1. The van der Waals surface area contributed by atoms with Gasteiger partial charge in [-0.15, -0.1) is 0 Å². The van der Waals surface area contributed by atoms with Gasteiger partial charge in [0.25, 0.3) is 0 Å². The number of amides is 2. The molecule has 1 rings (SSSR count). The van der Waals surface area contributed by atoms with Crippen molar-refractivity contribution in [3.05, 3.63) is 29.8 Å². The highest BCUT2D eigenvalue weighted by Gasteiger charge is 2.14. The number of urea groups is 1. The van der Waals surface area contributed by atoms with Crippen molar-refractivity contribution in [3.63, 3.8) is 0 Å². The van der Waals surface area contributed by atoms with Crippen LogP contribution in [0.1, 0.15) is 12.0 Å². The molecule has 106 valence electrons. The summed E-state index contributed by atoms with van der Waals surface area (Å²) in [7, 11) is 1.55. The first-order valence-corrected chi connectivity index (χ1v) is 5.88. The molecule has 0 bridgehead atoms. The first-order valence-electron chi connectivity index (χ1n) is 5.88. The molecule has 0 spiro atoms. The molecule has 7 nitrogen and oxygen atoms in total. The van der Waals surface area contributed by atoms with Crippen LogP contribution in [0.5, 0.6) is 0 Å². The van der Waals surface area contributed by atoms with Crippen LogP contribution in [0.2, 0.25) is 0 Å². The molecule has 0 radical (unpaired) electrons. The van der Waals surface area contributed by atoms with Gasteiger partial charge in [0.15, 0.2) is 6.10 Å². The smallest absolute Gasteiger partial charge is 0.332 e. The lowest BCUT2D eigenvalue weighted by molar-refractivity contribution is -0.146. The van der Waals surface area contributed by atoms with Crippen LogP contribution in [0.3, 0.4) is 0 Å². The Morgan fingerprint density at radius 2 is 2.00 bits per heavy atom. The number of aliphatic hydroxyl groups excluding tert-OH is 1. The van der Waals surface area contributed by atoms with Crippen LogP contribution in [0, 0.1) is 11.3 Å². The molecule has 3 N–H and O–H groups in total. The van der Waals surface area contributed by atoms with Crippen molar-refractivity contribution in [2.45, 2.75) is 12.5 Å². The number of hydrogen-bond acceptors (Lipinski definition) is 4. The number of carboxylic acid groups (broad SMARTS) is 1. The summed E-state index contributed by atoms with van der Waals surface area (Å²) in [5.41, 5.74) is 1.09. The summed E-state index contributed by atoms with van der Waals surface area (Å²) < 4.78 is 0. The second-order valence-electron chi connectivity index (χ2n) is 4.09. The lowest BCUT2D eigenvalue weighted by Gasteiger charge is -2.18. The Bertz CT molecular complexity index is 521. The maximum Gasteiger partial charge on any atom is 0.332 e. The SMILES string of the molecule is CN(C(=O)NCCC(O)C(=O)O)c1ccc(C#N)cc1. The van der Waals surface area contributed by atoms with Gasteiger partial charge in [0.05, 0.1) is 11.6 Å². The van der Waals surface area contributed by atoms with E-state index in [2.05, 4.69) is 5.32 Å². The second-order valence-corrected chi connectivity index (χ2v) is 4.09. The predicted octanol–water partition coefficient (Wildman–Crippen LogP) is 0.540. The van der Waals surface area contributed by atoms with Gasteiger partial charge in [-0.2, -0.15) is 5.26 Å². The average molecular weight is 277 g/mol. The van der Waals surface area contributed by atoms with E-state index >= 15 is 0 Å². The van der Waals surface area contributed by atoms with Gasteiger partial charge in [-0.3, -0.25) is 4.90 Å². The molecule has 20 heavy (non-hydrogen) atoms. The summed E-state index contributed by atoms with van der Waals surface area (Å²) in [6.07, 6.45) is -1.56. The van der Waals surface area contributed by atoms with Gasteiger partial charge in [0.1, 0.15) is 0 Å². The molecule has 0 aliphatic carbocycles. The van der Waals surface area contributed by atoms with Crippen molar-refractivity contribution >= 4 is 17.7 Å². The summed E-state index contributed by atoms with van der Waals surface area (Å²) in [6.45, 7) is 0.0485. The highest BCUT2D eigenvalue weighted by atomic mass is 16.4. The Morgan fingerprint density at radius 1 is 1.40 bits per heavy atom. The van der Waals surface area contributed by atoms with Gasteiger partial charge >= 0.3 is 12.0 Å². The molecule has 0 heterocycles. The van der Waals surface area contributed by atoms with Gasteiger partial charge in [0, 0.05) is 25.7 Å². The van der Waals surface area contributed by atoms with E-state index in [-0.39, 0.29) is 13.0 Å². The van der Waals surface area contributed by atoms with E-state index in [1.807, 2.05) is 6.07 Å². The topological polar surface area (TPSA) is 114 Å². The molecule has 0 aliphatic heterocycles. The minimum atomic E-state index is -1.49. The van der Waals surface area contributed by atoms with Crippen LogP contribution in [0.15, 0.2) is 24.3 Å². The molecule has 0 aromatic heterocycles. The Hall–Kier alpha value is -2.59. The molecule has 0 saturated heterocycles. The first-order chi connectivity index (χ1) is 9.45. The van der Waals surface area contributed by atoms with Crippen LogP contribution in [-0.2, 0) is 4.79 Å². The van der Waals surface area contributed by atoms with Crippen molar-refractivity contribution in [1.29, 1.82) is 5.26 Å². The Morgan fingerprint density at radius 3 is 2.50 bits per heavy atom. The van der Waals surface area contributed by atoms with Crippen molar-refractivity contribution in [2.75, 3.05) is 18.5 Å². The summed E-state index contributed by atoms with van der Waals surface area (Å²) >= 11 is 0. The standard InChI is InChI=1S/C13H15N3O4/c1-16(10-4-2-9(8-14)3-5-10)13(20)15-7-6-11(17)12(18)19/h2-5,11,17H,6-7H2,1H3,(H,15,20)(H,18,19). The maximum atomic E-state index is 11.8. The molecule has 7 heteroatoms. The summed E-state index contributed by atoms with van der Waals surface area (Å²) in [4.78, 5) is 23.5. The molecule has 2 amide bonds. The quantitative estimate of drug-likeness (QED) is 0.726. The molecule has 1 unspecified atom stereocenters. The molecular formula is C13H15N3O4. The van der Waals surface area contributed by atoms with Gasteiger partial charge in [-0.1, -0.05) is 0 Å². The highest BCUT2D eigenvalue weighted by Crippen LogP contribution is 2.13. The van der Waals surface area contributed by atoms with E-state index in [9.17, 15) is 9.59 Å². The minimum absolute atomic E-state index is 0.0485. The van der Waals surface area contributed by atoms with Crippen molar-refractivity contribution in [1.82, 2.24) is 5.32 Å². The van der Waals surface area contributed by atoms with Crippen LogP contribution < -0.4 is 10.2 Å². The van der Waals surface area contributed by atoms with Gasteiger partial charge in [0.2, 0.25) is 0 Å². The molecule has 0 saturated carbocycles. The van der Waals surface area contributed by atoms with Crippen molar-refractivity contribution in [3.8, 4) is 6.07 Å². The fourth-order valence-corrected chi connectivity index (χ4v) is 1.43. The molecule has 1 aromatic rings. The number of rotatable bonds is 5. The second kappa shape index (κ2) is 7.11. The highest BCUT2D eigenvalue weighted by molar-refractivity contribution is 5.91. The van der Waals surface area contributed by atoms with Crippen LogP contribution in [-0.4, -0.2) is 41.9 Å².